The van der Waals surface area contributed by atoms with Gasteiger partial charge in [-0.3, -0.25) is 4.79 Å². The van der Waals surface area contributed by atoms with Crippen molar-refractivity contribution < 1.29 is 26.4 Å². The van der Waals surface area contributed by atoms with E-state index in [-0.39, 0.29) is 29.4 Å². The minimum Gasteiger partial charge on any atom is -0.488 e. The van der Waals surface area contributed by atoms with E-state index in [1.54, 1.807) is 54.6 Å². The molecule has 1 aliphatic heterocycles. The van der Waals surface area contributed by atoms with Crippen molar-refractivity contribution in [1.29, 1.82) is 0 Å². The molecule has 1 aliphatic rings. The molecule has 1 heterocycles. The highest BCUT2D eigenvalue weighted by Crippen LogP contribution is 2.25. The van der Waals surface area contributed by atoms with E-state index >= 15 is 0 Å². The van der Waals surface area contributed by atoms with Gasteiger partial charge in [-0.2, -0.15) is 13.7 Å². The van der Waals surface area contributed by atoms with Crippen LogP contribution in [0.2, 0.25) is 0 Å². The maximum atomic E-state index is 13.6. The van der Waals surface area contributed by atoms with E-state index in [2.05, 4.69) is 10.5 Å². The van der Waals surface area contributed by atoms with Crippen LogP contribution in [0.3, 0.4) is 0 Å². The van der Waals surface area contributed by atoms with Crippen molar-refractivity contribution in [3.05, 3.63) is 126 Å². The molecule has 222 valence electrons. The summed E-state index contributed by atoms with van der Waals surface area (Å²) in [7, 11) is -8.11. The van der Waals surface area contributed by atoms with Crippen molar-refractivity contribution in [2.75, 3.05) is 19.6 Å². The fraction of sp³-hybridized carbons (Fsp3) is 0.161. The highest BCUT2D eigenvalue weighted by molar-refractivity contribution is 7.89. The molecule has 10 nitrogen and oxygen atoms in total. The Morgan fingerprint density at radius 2 is 1.33 bits per heavy atom. The molecule has 0 spiro atoms. The number of benzene rings is 4. The zero-order valence-corrected chi connectivity index (χ0v) is 24.7. The maximum absolute atomic E-state index is 13.6. The second-order valence-electron chi connectivity index (χ2n) is 9.67. The third-order valence-corrected chi connectivity index (χ3v) is 10.7. The first kappa shape index (κ1) is 30.1. The number of sulfonamides is 2. The van der Waals surface area contributed by atoms with Gasteiger partial charge in [-0.15, -0.1) is 0 Å². The number of hydrogen-bond donors (Lipinski definition) is 1. The summed E-state index contributed by atoms with van der Waals surface area (Å²) < 4.78 is 62.0. The molecule has 0 bridgehead atoms. The van der Waals surface area contributed by atoms with Gasteiger partial charge < -0.3 is 4.74 Å². The predicted molar refractivity (Wildman–Crippen MR) is 162 cm³/mol. The molecule has 0 aromatic heterocycles. The first-order valence-electron chi connectivity index (χ1n) is 13.5. The van der Waals surface area contributed by atoms with Crippen LogP contribution in [0, 0.1) is 0 Å². The van der Waals surface area contributed by atoms with Gasteiger partial charge in [0.15, 0.2) is 0 Å². The quantitative estimate of drug-likeness (QED) is 0.214. The van der Waals surface area contributed by atoms with Crippen LogP contribution >= 0.6 is 0 Å². The topological polar surface area (TPSA) is 125 Å². The normalized spacial score (nSPS) is 16.6. The zero-order chi connectivity index (χ0) is 30.3. The van der Waals surface area contributed by atoms with Crippen LogP contribution in [0.5, 0.6) is 5.75 Å². The number of carbonyl (C=O) groups excluding carboxylic acids is 1. The highest BCUT2D eigenvalue weighted by Gasteiger charge is 2.43. The van der Waals surface area contributed by atoms with Crippen molar-refractivity contribution in [1.82, 2.24) is 14.0 Å². The lowest BCUT2D eigenvalue weighted by atomic mass is 10.2. The molecular formula is C31H30N4O6S2. The Hall–Kier alpha value is -4.36. The van der Waals surface area contributed by atoms with Crippen LogP contribution < -0.4 is 10.2 Å². The van der Waals surface area contributed by atoms with Gasteiger partial charge in [0.25, 0.3) is 5.91 Å². The highest BCUT2D eigenvalue weighted by atomic mass is 32.2. The van der Waals surface area contributed by atoms with Crippen molar-refractivity contribution in [2.24, 2.45) is 5.10 Å². The molecule has 43 heavy (non-hydrogen) atoms. The van der Waals surface area contributed by atoms with Gasteiger partial charge in [0.2, 0.25) is 20.0 Å². The Morgan fingerprint density at radius 3 is 1.98 bits per heavy atom. The first-order valence-corrected chi connectivity index (χ1v) is 16.4. The molecule has 1 fully saturated rings. The summed E-state index contributed by atoms with van der Waals surface area (Å²) in [6.45, 7) is -0.400. The number of nitrogens with one attached hydrogen (secondary N) is 1. The van der Waals surface area contributed by atoms with Crippen molar-refractivity contribution in [2.45, 2.75) is 22.4 Å². The van der Waals surface area contributed by atoms with Gasteiger partial charge in [-0.05, 0) is 42.0 Å². The van der Waals surface area contributed by atoms with E-state index in [0.717, 1.165) is 14.2 Å². The summed E-state index contributed by atoms with van der Waals surface area (Å²) in [6, 6.07) is 30.9. The summed E-state index contributed by atoms with van der Waals surface area (Å²) in [5.41, 5.74) is 3.98. The second-order valence-corrected chi connectivity index (χ2v) is 13.5. The smallest absolute Gasteiger partial charge is 0.259 e. The van der Waals surface area contributed by atoms with Gasteiger partial charge in [-0.25, -0.2) is 22.3 Å². The third kappa shape index (κ3) is 7.00. The van der Waals surface area contributed by atoms with E-state index < -0.39 is 32.0 Å². The van der Waals surface area contributed by atoms with Crippen LogP contribution in [-0.4, -0.2) is 63.2 Å². The number of hydrazone groups is 1. The largest absolute Gasteiger partial charge is 0.488 e. The molecule has 4 aromatic rings. The number of ether oxygens (including phenoxy) is 1. The average Bonchev–Trinajstić information content (AvgIpc) is 3.05. The van der Waals surface area contributed by atoms with Gasteiger partial charge in [0.1, 0.15) is 18.4 Å². The molecule has 0 radical (unpaired) electrons. The summed E-state index contributed by atoms with van der Waals surface area (Å²) >= 11 is 0. The Balaban J connectivity index is 1.37. The average molecular weight is 619 g/mol. The minimum atomic E-state index is -4.13. The lowest BCUT2D eigenvalue weighted by Gasteiger charge is -2.38. The second kappa shape index (κ2) is 13.3. The Morgan fingerprint density at radius 1 is 0.767 bits per heavy atom. The Labute approximate surface area is 251 Å². The standard InChI is InChI=1S/C31H30N4O6S2/c36-31(33-32-22-26-14-10-11-19-30(26)41-24-25-12-4-1-5-13-25)29-23-34(42(37,38)27-15-6-2-7-16-27)20-21-35(29)43(39,40)28-17-8-3-9-18-28/h1-19,22,29H,20-21,23-24H2,(H,33,36)/b32-22-/t29-/m0/s1. The fourth-order valence-corrected chi connectivity index (χ4v) is 7.67. The van der Waals surface area contributed by atoms with Crippen molar-refractivity contribution in [3.63, 3.8) is 0 Å². The van der Waals surface area contributed by atoms with Gasteiger partial charge >= 0.3 is 0 Å². The molecule has 1 amide bonds. The maximum Gasteiger partial charge on any atom is 0.259 e. The SMILES string of the molecule is O=C(N/N=C\c1ccccc1OCc1ccccc1)[C@@H]1CN(S(=O)(=O)c2ccccc2)CCN1S(=O)(=O)c1ccccc1. The molecule has 0 aliphatic carbocycles. The molecule has 0 unspecified atom stereocenters. The number of amides is 1. The van der Waals surface area contributed by atoms with Crippen LogP contribution in [0.4, 0.5) is 0 Å². The summed E-state index contributed by atoms with van der Waals surface area (Å²) in [4.78, 5) is 13.6. The van der Waals surface area contributed by atoms with Gasteiger partial charge in [0, 0.05) is 25.2 Å². The molecule has 1 N–H and O–H groups in total. The van der Waals surface area contributed by atoms with Crippen LogP contribution in [0.1, 0.15) is 11.1 Å². The number of piperazine rings is 1. The predicted octanol–water partition coefficient (Wildman–Crippen LogP) is 3.48. The Kier molecular flexibility index (Phi) is 9.31. The summed E-state index contributed by atoms with van der Waals surface area (Å²) in [5.74, 6) is -0.234. The summed E-state index contributed by atoms with van der Waals surface area (Å²) in [5, 5.41) is 4.07. The number of para-hydroxylation sites is 1. The Bertz CT molecular complexity index is 1790. The molecule has 4 aromatic carbocycles. The van der Waals surface area contributed by atoms with E-state index in [0.29, 0.717) is 17.9 Å². The lowest BCUT2D eigenvalue weighted by Crippen LogP contribution is -2.60. The van der Waals surface area contributed by atoms with E-state index in [9.17, 15) is 21.6 Å². The number of carbonyl (C=O) groups is 1. The summed E-state index contributed by atoms with van der Waals surface area (Å²) in [6.07, 6.45) is 1.40. The number of rotatable bonds is 10. The van der Waals surface area contributed by atoms with Crippen LogP contribution in [0.25, 0.3) is 0 Å². The minimum absolute atomic E-state index is 0.000148. The number of hydrogen-bond acceptors (Lipinski definition) is 7. The van der Waals surface area contributed by atoms with E-state index in [1.165, 1.54) is 30.5 Å². The monoisotopic (exact) mass is 618 g/mol. The van der Waals surface area contributed by atoms with E-state index in [4.69, 9.17) is 4.74 Å². The molecule has 5 rings (SSSR count). The number of nitrogens with zero attached hydrogens (tertiary/aromatic N) is 3. The van der Waals surface area contributed by atoms with Crippen molar-refractivity contribution in [3.8, 4) is 5.75 Å². The van der Waals surface area contributed by atoms with Gasteiger partial charge in [0.05, 0.1) is 16.0 Å². The van der Waals surface area contributed by atoms with Gasteiger partial charge in [-0.1, -0.05) is 78.9 Å². The molecule has 12 heteroatoms. The fourth-order valence-electron chi connectivity index (χ4n) is 4.62. The molecule has 0 saturated carbocycles. The molecular weight excluding hydrogens is 588 g/mol. The first-order chi connectivity index (χ1) is 20.8. The van der Waals surface area contributed by atoms with E-state index in [1.807, 2.05) is 36.4 Å². The third-order valence-electron chi connectivity index (χ3n) is 6.86. The molecule has 1 atom stereocenters. The molecule has 1 saturated heterocycles. The zero-order valence-electron chi connectivity index (χ0n) is 23.1. The van der Waals surface area contributed by atoms with Crippen LogP contribution in [0.15, 0.2) is 130 Å². The van der Waals surface area contributed by atoms with Crippen LogP contribution in [-0.2, 0) is 31.4 Å². The van der Waals surface area contributed by atoms with Crippen molar-refractivity contribution >= 4 is 32.2 Å². The lowest BCUT2D eigenvalue weighted by molar-refractivity contribution is -0.125.